The monoisotopic (exact) mass is 278 g/mol. The summed E-state index contributed by atoms with van der Waals surface area (Å²) in [5.74, 6) is 2.23. The van der Waals surface area contributed by atoms with Crippen LogP contribution in [0.25, 0.3) is 0 Å². The standard InChI is InChI=1S/C15H26N4O/c1-10(2)12-13(16)18-9-19-14(12)17-8-15(20)6-4-11(3)5-7-15/h9-11,20H,4-8H2,1-3H3,(H3,16,17,18,19). The third kappa shape index (κ3) is 3.39. The summed E-state index contributed by atoms with van der Waals surface area (Å²) in [7, 11) is 0. The summed E-state index contributed by atoms with van der Waals surface area (Å²) < 4.78 is 0. The Morgan fingerprint density at radius 3 is 2.65 bits per heavy atom. The highest BCUT2D eigenvalue weighted by Crippen LogP contribution is 2.33. The number of hydrogen-bond acceptors (Lipinski definition) is 5. The molecule has 4 N–H and O–H groups in total. The number of aliphatic hydroxyl groups is 1. The van der Waals surface area contributed by atoms with Crippen molar-refractivity contribution >= 4 is 11.6 Å². The number of nitrogen functional groups attached to an aromatic ring is 1. The summed E-state index contributed by atoms with van der Waals surface area (Å²) in [4.78, 5) is 8.33. The number of hydrogen-bond donors (Lipinski definition) is 3. The molecule has 0 spiro atoms. The van der Waals surface area contributed by atoms with Crippen LogP contribution in [0.2, 0.25) is 0 Å². The highest BCUT2D eigenvalue weighted by atomic mass is 16.3. The fourth-order valence-electron chi connectivity index (χ4n) is 2.84. The summed E-state index contributed by atoms with van der Waals surface area (Å²) in [6.07, 6.45) is 5.33. The predicted octanol–water partition coefficient (Wildman–Crippen LogP) is 2.54. The molecule has 1 aromatic rings. The van der Waals surface area contributed by atoms with Crippen molar-refractivity contribution in [2.24, 2.45) is 5.92 Å². The van der Waals surface area contributed by atoms with Gasteiger partial charge >= 0.3 is 0 Å². The lowest BCUT2D eigenvalue weighted by Gasteiger charge is -2.35. The zero-order valence-electron chi connectivity index (χ0n) is 12.7. The molecule has 0 aromatic carbocycles. The molecule has 5 heteroatoms. The molecule has 0 atom stereocenters. The van der Waals surface area contributed by atoms with E-state index in [1.54, 1.807) is 0 Å². The minimum atomic E-state index is -0.625. The maximum atomic E-state index is 10.6. The number of anilines is 2. The van der Waals surface area contributed by atoms with Gasteiger partial charge in [-0.1, -0.05) is 20.8 Å². The van der Waals surface area contributed by atoms with Gasteiger partial charge in [-0.3, -0.25) is 0 Å². The van der Waals surface area contributed by atoms with E-state index in [1.165, 1.54) is 6.33 Å². The van der Waals surface area contributed by atoms with E-state index in [0.717, 1.165) is 43.0 Å². The number of nitrogens with two attached hydrogens (primary N) is 1. The van der Waals surface area contributed by atoms with Gasteiger partial charge in [0, 0.05) is 12.1 Å². The fourth-order valence-corrected chi connectivity index (χ4v) is 2.84. The van der Waals surface area contributed by atoms with E-state index in [2.05, 4.69) is 36.1 Å². The Morgan fingerprint density at radius 2 is 2.05 bits per heavy atom. The molecule has 1 heterocycles. The first-order valence-corrected chi connectivity index (χ1v) is 7.48. The van der Waals surface area contributed by atoms with Crippen LogP contribution in [0.4, 0.5) is 11.6 Å². The van der Waals surface area contributed by atoms with Crippen LogP contribution in [0.5, 0.6) is 0 Å². The molecule has 0 unspecified atom stereocenters. The van der Waals surface area contributed by atoms with Crippen molar-refractivity contribution in [2.45, 2.75) is 58.0 Å². The quantitative estimate of drug-likeness (QED) is 0.788. The van der Waals surface area contributed by atoms with Gasteiger partial charge in [-0.15, -0.1) is 0 Å². The molecule has 0 aliphatic heterocycles. The van der Waals surface area contributed by atoms with Crippen LogP contribution in [0.3, 0.4) is 0 Å². The lowest BCUT2D eigenvalue weighted by Crippen LogP contribution is -2.40. The van der Waals surface area contributed by atoms with Gasteiger partial charge in [0.15, 0.2) is 0 Å². The SMILES string of the molecule is CC1CCC(O)(CNc2ncnc(N)c2C(C)C)CC1. The van der Waals surface area contributed by atoms with Gasteiger partial charge in [0.2, 0.25) is 0 Å². The van der Waals surface area contributed by atoms with Crippen molar-refractivity contribution in [1.29, 1.82) is 0 Å². The maximum absolute atomic E-state index is 10.6. The lowest BCUT2D eigenvalue weighted by molar-refractivity contribution is 0.00493. The summed E-state index contributed by atoms with van der Waals surface area (Å²) in [6, 6.07) is 0. The van der Waals surface area contributed by atoms with Gasteiger partial charge < -0.3 is 16.2 Å². The number of nitrogens with zero attached hydrogens (tertiary/aromatic N) is 2. The molecule has 5 nitrogen and oxygen atoms in total. The fraction of sp³-hybridized carbons (Fsp3) is 0.733. The molecule has 2 rings (SSSR count). The highest BCUT2D eigenvalue weighted by molar-refractivity contribution is 5.56. The van der Waals surface area contributed by atoms with Crippen LogP contribution in [0, 0.1) is 5.92 Å². The average Bonchev–Trinajstić information content (AvgIpc) is 2.40. The molecule has 112 valence electrons. The molecule has 1 aliphatic carbocycles. The first-order chi connectivity index (χ1) is 9.41. The van der Waals surface area contributed by atoms with Crippen LogP contribution in [-0.2, 0) is 0 Å². The summed E-state index contributed by atoms with van der Waals surface area (Å²) in [5, 5.41) is 13.9. The van der Waals surface area contributed by atoms with Gasteiger partial charge in [0.05, 0.1) is 5.60 Å². The summed E-state index contributed by atoms with van der Waals surface area (Å²) in [5.41, 5.74) is 6.23. The molecule has 1 fully saturated rings. The molecule has 0 saturated heterocycles. The maximum Gasteiger partial charge on any atom is 0.135 e. The van der Waals surface area contributed by atoms with Crippen molar-refractivity contribution in [3.8, 4) is 0 Å². The van der Waals surface area contributed by atoms with E-state index >= 15 is 0 Å². The summed E-state index contributed by atoms with van der Waals surface area (Å²) in [6.45, 7) is 6.90. The zero-order chi connectivity index (χ0) is 14.8. The van der Waals surface area contributed by atoms with E-state index in [4.69, 9.17) is 5.73 Å². The molecule has 1 aromatic heterocycles. The Kier molecular flexibility index (Phi) is 4.48. The normalized spacial score (nSPS) is 26.8. The Labute approximate surface area is 121 Å². The molecular formula is C15H26N4O. The average molecular weight is 278 g/mol. The third-order valence-corrected chi connectivity index (χ3v) is 4.28. The molecule has 0 amide bonds. The first-order valence-electron chi connectivity index (χ1n) is 7.48. The third-order valence-electron chi connectivity index (χ3n) is 4.28. The topological polar surface area (TPSA) is 84.1 Å². The van der Waals surface area contributed by atoms with Crippen molar-refractivity contribution in [1.82, 2.24) is 9.97 Å². The Balaban J connectivity index is 2.06. The van der Waals surface area contributed by atoms with E-state index < -0.39 is 5.60 Å². The van der Waals surface area contributed by atoms with Crippen LogP contribution >= 0.6 is 0 Å². The largest absolute Gasteiger partial charge is 0.388 e. The van der Waals surface area contributed by atoms with Gasteiger partial charge in [0.1, 0.15) is 18.0 Å². The summed E-state index contributed by atoms with van der Waals surface area (Å²) >= 11 is 0. The van der Waals surface area contributed by atoms with Crippen molar-refractivity contribution in [3.05, 3.63) is 11.9 Å². The van der Waals surface area contributed by atoms with E-state index in [9.17, 15) is 5.11 Å². The molecule has 0 radical (unpaired) electrons. The van der Waals surface area contributed by atoms with Crippen LogP contribution in [-0.4, -0.2) is 27.2 Å². The Morgan fingerprint density at radius 1 is 1.40 bits per heavy atom. The van der Waals surface area contributed by atoms with Crippen molar-refractivity contribution < 1.29 is 5.11 Å². The van der Waals surface area contributed by atoms with Crippen LogP contribution in [0.15, 0.2) is 6.33 Å². The second kappa shape index (κ2) is 5.95. The number of rotatable bonds is 4. The van der Waals surface area contributed by atoms with Gasteiger partial charge in [-0.05, 0) is 37.5 Å². The van der Waals surface area contributed by atoms with Gasteiger partial charge in [-0.2, -0.15) is 0 Å². The number of aromatic nitrogens is 2. The smallest absolute Gasteiger partial charge is 0.135 e. The molecule has 20 heavy (non-hydrogen) atoms. The minimum Gasteiger partial charge on any atom is -0.388 e. The Bertz CT molecular complexity index is 453. The lowest BCUT2D eigenvalue weighted by atomic mass is 9.79. The minimum absolute atomic E-state index is 0.250. The van der Waals surface area contributed by atoms with Crippen molar-refractivity contribution in [3.63, 3.8) is 0 Å². The first kappa shape index (κ1) is 15.0. The van der Waals surface area contributed by atoms with E-state index in [-0.39, 0.29) is 5.92 Å². The Hall–Kier alpha value is -1.36. The van der Waals surface area contributed by atoms with E-state index in [1.807, 2.05) is 0 Å². The molecule has 0 bridgehead atoms. The number of nitrogens with one attached hydrogen (secondary N) is 1. The van der Waals surface area contributed by atoms with E-state index in [0.29, 0.717) is 12.4 Å². The highest BCUT2D eigenvalue weighted by Gasteiger charge is 2.32. The van der Waals surface area contributed by atoms with Gasteiger partial charge in [0.25, 0.3) is 0 Å². The second-order valence-electron chi connectivity index (χ2n) is 6.44. The van der Waals surface area contributed by atoms with Crippen LogP contribution in [0.1, 0.15) is 57.9 Å². The molecule has 1 saturated carbocycles. The molecular weight excluding hydrogens is 252 g/mol. The van der Waals surface area contributed by atoms with Gasteiger partial charge in [-0.25, -0.2) is 9.97 Å². The second-order valence-corrected chi connectivity index (χ2v) is 6.44. The van der Waals surface area contributed by atoms with Crippen LogP contribution < -0.4 is 11.1 Å². The molecule has 1 aliphatic rings. The predicted molar refractivity (Wildman–Crippen MR) is 81.6 cm³/mol. The zero-order valence-corrected chi connectivity index (χ0v) is 12.7. The van der Waals surface area contributed by atoms with Crippen molar-refractivity contribution in [2.75, 3.05) is 17.6 Å².